The second-order valence-corrected chi connectivity index (χ2v) is 5.75. The first kappa shape index (κ1) is 14.9. The Morgan fingerprint density at radius 2 is 2.11 bits per heavy atom. The van der Waals surface area contributed by atoms with Crippen molar-refractivity contribution in [2.24, 2.45) is 5.14 Å². The minimum absolute atomic E-state index is 0.00194. The number of carbonyl (C=O) groups excluding carboxylic acids is 1. The van der Waals surface area contributed by atoms with Crippen LogP contribution < -0.4 is 10.5 Å². The van der Waals surface area contributed by atoms with E-state index < -0.39 is 10.0 Å². The van der Waals surface area contributed by atoms with Gasteiger partial charge in [-0.25, -0.2) is 13.6 Å². The maximum absolute atomic E-state index is 11.3. The molecule has 0 saturated carbocycles. The van der Waals surface area contributed by atoms with E-state index in [1.165, 1.54) is 12.1 Å². The fraction of sp³-hybridized carbons (Fsp3) is 0.364. The van der Waals surface area contributed by atoms with E-state index in [1.807, 2.05) is 6.92 Å². The lowest BCUT2D eigenvalue weighted by molar-refractivity contribution is 0.112. The van der Waals surface area contributed by atoms with E-state index in [4.69, 9.17) is 16.7 Å². The van der Waals surface area contributed by atoms with E-state index in [9.17, 15) is 13.2 Å². The van der Waals surface area contributed by atoms with E-state index in [-0.39, 0.29) is 15.5 Å². The summed E-state index contributed by atoms with van der Waals surface area (Å²) in [5.41, 5.74) is 0.732. The van der Waals surface area contributed by atoms with Gasteiger partial charge in [-0.05, 0) is 18.6 Å². The number of nitrogens with one attached hydrogen (secondary N) is 1. The molecule has 0 fully saturated rings. The molecule has 0 atom stereocenters. The van der Waals surface area contributed by atoms with Crippen molar-refractivity contribution in [3.8, 4) is 0 Å². The van der Waals surface area contributed by atoms with E-state index in [2.05, 4.69) is 5.32 Å². The standard InChI is InChI=1S/C11H15ClN2O3S/c1-2-3-4-14-10-6-9(12)11(18(13,16)17)5-8(10)7-15/h5-7,14H,2-4H2,1H3,(H2,13,16,17). The van der Waals surface area contributed by atoms with Crippen LogP contribution in [0.2, 0.25) is 5.02 Å². The number of aldehydes is 1. The molecule has 18 heavy (non-hydrogen) atoms. The minimum atomic E-state index is -3.93. The van der Waals surface area contributed by atoms with Crippen molar-refractivity contribution in [1.82, 2.24) is 0 Å². The van der Waals surface area contributed by atoms with Crippen LogP contribution in [-0.4, -0.2) is 21.2 Å². The number of primary sulfonamides is 1. The van der Waals surface area contributed by atoms with Crippen molar-refractivity contribution < 1.29 is 13.2 Å². The second kappa shape index (κ2) is 6.17. The van der Waals surface area contributed by atoms with Crippen LogP contribution in [0.1, 0.15) is 30.1 Å². The van der Waals surface area contributed by atoms with Crippen LogP contribution in [0.3, 0.4) is 0 Å². The van der Waals surface area contributed by atoms with Gasteiger partial charge in [-0.15, -0.1) is 0 Å². The highest BCUT2D eigenvalue weighted by Gasteiger charge is 2.16. The van der Waals surface area contributed by atoms with Crippen LogP contribution >= 0.6 is 11.6 Å². The largest absolute Gasteiger partial charge is 0.384 e. The maximum atomic E-state index is 11.3. The molecule has 5 nitrogen and oxygen atoms in total. The van der Waals surface area contributed by atoms with Crippen molar-refractivity contribution >= 4 is 33.6 Å². The number of carbonyl (C=O) groups is 1. The molecule has 0 saturated heterocycles. The summed E-state index contributed by atoms with van der Waals surface area (Å²) in [7, 11) is -3.93. The van der Waals surface area contributed by atoms with Gasteiger partial charge in [-0.3, -0.25) is 4.79 Å². The smallest absolute Gasteiger partial charge is 0.239 e. The quantitative estimate of drug-likeness (QED) is 0.619. The Morgan fingerprint density at radius 3 is 2.61 bits per heavy atom. The summed E-state index contributed by atoms with van der Waals surface area (Å²) in [6, 6.07) is 2.58. The number of sulfonamides is 1. The average molecular weight is 291 g/mol. The summed E-state index contributed by atoms with van der Waals surface area (Å²) in [6.07, 6.45) is 2.51. The Labute approximate surface area is 111 Å². The van der Waals surface area contributed by atoms with Gasteiger partial charge in [-0.1, -0.05) is 24.9 Å². The lowest BCUT2D eigenvalue weighted by atomic mass is 10.2. The Bertz CT molecular complexity index is 543. The molecule has 0 unspecified atom stereocenters. The van der Waals surface area contributed by atoms with Gasteiger partial charge < -0.3 is 5.32 Å². The van der Waals surface area contributed by atoms with Crippen molar-refractivity contribution in [2.75, 3.05) is 11.9 Å². The van der Waals surface area contributed by atoms with Crippen LogP contribution in [0.5, 0.6) is 0 Å². The predicted octanol–water partition coefficient (Wildman–Crippen LogP) is 2.01. The predicted molar refractivity (Wildman–Crippen MR) is 71.6 cm³/mol. The molecule has 1 aromatic carbocycles. The van der Waals surface area contributed by atoms with E-state index >= 15 is 0 Å². The van der Waals surface area contributed by atoms with Crippen LogP contribution in [0, 0.1) is 0 Å². The topological polar surface area (TPSA) is 89.3 Å². The molecule has 0 heterocycles. The highest BCUT2D eigenvalue weighted by atomic mass is 35.5. The molecule has 1 rings (SSSR count). The molecule has 0 bridgehead atoms. The van der Waals surface area contributed by atoms with E-state index in [0.29, 0.717) is 18.5 Å². The number of hydrogen-bond donors (Lipinski definition) is 2. The number of anilines is 1. The second-order valence-electron chi connectivity index (χ2n) is 3.81. The molecule has 7 heteroatoms. The van der Waals surface area contributed by atoms with Gasteiger partial charge in [0.1, 0.15) is 4.90 Å². The third-order valence-corrected chi connectivity index (χ3v) is 3.76. The normalized spacial score (nSPS) is 11.3. The molecule has 1 aromatic rings. The Morgan fingerprint density at radius 1 is 1.44 bits per heavy atom. The van der Waals surface area contributed by atoms with Gasteiger partial charge in [0, 0.05) is 17.8 Å². The lowest BCUT2D eigenvalue weighted by Crippen LogP contribution is -2.14. The van der Waals surface area contributed by atoms with Crippen LogP contribution in [-0.2, 0) is 10.0 Å². The number of benzene rings is 1. The fourth-order valence-electron chi connectivity index (χ4n) is 1.44. The zero-order chi connectivity index (χ0) is 13.8. The Kier molecular flexibility index (Phi) is 5.13. The highest BCUT2D eigenvalue weighted by Crippen LogP contribution is 2.27. The summed E-state index contributed by atoms with van der Waals surface area (Å²) < 4.78 is 22.5. The minimum Gasteiger partial charge on any atom is -0.384 e. The SMILES string of the molecule is CCCCNc1cc(Cl)c(S(N)(=O)=O)cc1C=O. The van der Waals surface area contributed by atoms with Crippen molar-refractivity contribution in [3.05, 3.63) is 22.7 Å². The van der Waals surface area contributed by atoms with Gasteiger partial charge >= 0.3 is 0 Å². The Hall–Kier alpha value is -1.11. The molecular weight excluding hydrogens is 276 g/mol. The van der Waals surface area contributed by atoms with E-state index in [0.717, 1.165) is 12.8 Å². The summed E-state index contributed by atoms with van der Waals surface area (Å²) in [4.78, 5) is 10.7. The average Bonchev–Trinajstić information content (AvgIpc) is 2.28. The monoisotopic (exact) mass is 290 g/mol. The van der Waals surface area contributed by atoms with Crippen LogP contribution in [0.25, 0.3) is 0 Å². The van der Waals surface area contributed by atoms with Gasteiger partial charge in [-0.2, -0.15) is 0 Å². The summed E-state index contributed by atoms with van der Waals surface area (Å²) >= 11 is 5.84. The molecule has 3 N–H and O–H groups in total. The van der Waals surface area contributed by atoms with Crippen molar-refractivity contribution in [1.29, 1.82) is 0 Å². The molecule has 0 aromatic heterocycles. The summed E-state index contributed by atoms with van der Waals surface area (Å²) in [5.74, 6) is 0. The lowest BCUT2D eigenvalue weighted by Gasteiger charge is -2.11. The summed E-state index contributed by atoms with van der Waals surface area (Å²) in [6.45, 7) is 2.72. The van der Waals surface area contributed by atoms with Crippen molar-refractivity contribution in [2.45, 2.75) is 24.7 Å². The molecular formula is C11H15ClN2O3S. The molecule has 0 aliphatic rings. The zero-order valence-electron chi connectivity index (χ0n) is 9.94. The first-order valence-corrected chi connectivity index (χ1v) is 7.38. The van der Waals surface area contributed by atoms with Crippen LogP contribution in [0.4, 0.5) is 5.69 Å². The molecule has 0 amide bonds. The molecule has 0 aliphatic carbocycles. The molecule has 100 valence electrons. The zero-order valence-corrected chi connectivity index (χ0v) is 11.5. The maximum Gasteiger partial charge on any atom is 0.239 e. The third kappa shape index (κ3) is 3.69. The van der Waals surface area contributed by atoms with Crippen LogP contribution in [0.15, 0.2) is 17.0 Å². The Balaban J connectivity index is 3.15. The molecule has 0 aliphatic heterocycles. The number of rotatable bonds is 6. The third-order valence-electron chi connectivity index (χ3n) is 2.38. The van der Waals surface area contributed by atoms with E-state index in [1.54, 1.807) is 0 Å². The van der Waals surface area contributed by atoms with Gasteiger partial charge in [0.25, 0.3) is 0 Å². The van der Waals surface area contributed by atoms with Gasteiger partial charge in [0.15, 0.2) is 6.29 Å². The fourth-order valence-corrected chi connectivity index (χ4v) is 2.55. The number of nitrogens with two attached hydrogens (primary N) is 1. The van der Waals surface area contributed by atoms with Crippen molar-refractivity contribution in [3.63, 3.8) is 0 Å². The van der Waals surface area contributed by atoms with Gasteiger partial charge in [0.2, 0.25) is 10.0 Å². The highest BCUT2D eigenvalue weighted by molar-refractivity contribution is 7.89. The molecule has 0 spiro atoms. The summed E-state index contributed by atoms with van der Waals surface area (Å²) in [5, 5.41) is 8.04. The molecule has 0 radical (unpaired) electrons. The number of hydrogen-bond acceptors (Lipinski definition) is 4. The van der Waals surface area contributed by atoms with Gasteiger partial charge in [0.05, 0.1) is 5.02 Å². The number of unbranched alkanes of at least 4 members (excludes halogenated alkanes) is 1. The first-order valence-electron chi connectivity index (χ1n) is 5.45. The first-order chi connectivity index (χ1) is 8.40. The number of halogens is 1.